The van der Waals surface area contributed by atoms with Crippen LogP contribution in [-0.4, -0.2) is 18.1 Å². The number of aromatic nitrogens is 1. The molecule has 4 heteroatoms. The molecule has 0 atom stereocenters. The molecule has 0 N–H and O–H groups in total. The highest BCUT2D eigenvalue weighted by atomic mass is 16.5. The maximum absolute atomic E-state index is 11.7. The minimum atomic E-state index is -0.264. The van der Waals surface area contributed by atoms with E-state index >= 15 is 0 Å². The van der Waals surface area contributed by atoms with Crippen LogP contribution in [0.2, 0.25) is 0 Å². The molecule has 0 saturated heterocycles. The van der Waals surface area contributed by atoms with Gasteiger partial charge in [0, 0.05) is 17.0 Å². The number of nitrogens with zero attached hydrogens (tertiary/aromatic N) is 1. The van der Waals surface area contributed by atoms with E-state index in [-0.39, 0.29) is 12.4 Å². The van der Waals surface area contributed by atoms with E-state index in [1.807, 2.05) is 58.0 Å². The molecule has 2 aromatic rings. The lowest BCUT2D eigenvalue weighted by molar-refractivity contribution is -0.139. The SMILES string of the molecule is C=Cc1cc(OCc2ccc(C)nc2C)cc(C)c1/C(=C\C)CC(=O)OC. The van der Waals surface area contributed by atoms with Crippen LogP contribution in [-0.2, 0) is 16.1 Å². The molecule has 0 aliphatic carbocycles. The molecule has 4 nitrogen and oxygen atoms in total. The van der Waals surface area contributed by atoms with E-state index in [1.54, 1.807) is 6.08 Å². The first-order valence-electron chi connectivity index (χ1n) is 8.95. The van der Waals surface area contributed by atoms with Gasteiger partial charge in [0.1, 0.15) is 12.4 Å². The standard InChI is InChI=1S/C23H27NO3/c1-7-18-12-21(27-14-20-10-9-16(4)24-17(20)5)11-15(3)23(18)19(8-2)13-22(25)26-6/h7-12H,1,13-14H2,2-6H3/b19-8-. The predicted molar refractivity (Wildman–Crippen MR) is 110 cm³/mol. The third-order valence-corrected chi connectivity index (χ3v) is 4.52. The molecule has 0 saturated carbocycles. The number of carbonyl (C=O) groups excluding carboxylic acids is 1. The molecule has 2 rings (SSSR count). The van der Waals surface area contributed by atoms with Crippen LogP contribution in [0, 0.1) is 20.8 Å². The average Bonchev–Trinajstić information content (AvgIpc) is 2.65. The molecule has 142 valence electrons. The quantitative estimate of drug-likeness (QED) is 0.633. The molecular weight excluding hydrogens is 338 g/mol. The van der Waals surface area contributed by atoms with Gasteiger partial charge in [-0.05, 0) is 68.2 Å². The maximum atomic E-state index is 11.7. The third kappa shape index (κ3) is 5.07. The summed E-state index contributed by atoms with van der Waals surface area (Å²) < 4.78 is 10.8. The normalized spacial score (nSPS) is 11.2. The Bertz CT molecular complexity index is 881. The Balaban J connectivity index is 2.29. The van der Waals surface area contributed by atoms with Gasteiger partial charge in [-0.15, -0.1) is 0 Å². The maximum Gasteiger partial charge on any atom is 0.309 e. The van der Waals surface area contributed by atoms with E-state index in [9.17, 15) is 4.79 Å². The lowest BCUT2D eigenvalue weighted by atomic mass is 9.92. The summed E-state index contributed by atoms with van der Waals surface area (Å²) in [6.07, 6.45) is 3.95. The van der Waals surface area contributed by atoms with Gasteiger partial charge in [0.25, 0.3) is 0 Å². The highest BCUT2D eigenvalue weighted by molar-refractivity contribution is 5.88. The third-order valence-electron chi connectivity index (χ3n) is 4.52. The molecule has 1 aromatic carbocycles. The summed E-state index contributed by atoms with van der Waals surface area (Å²) in [5.41, 5.74) is 6.90. The average molecular weight is 365 g/mol. The number of esters is 1. The fourth-order valence-corrected chi connectivity index (χ4v) is 3.05. The van der Waals surface area contributed by atoms with Crippen molar-refractivity contribution >= 4 is 17.6 Å². The Hall–Kier alpha value is -2.88. The van der Waals surface area contributed by atoms with Crippen LogP contribution in [0.15, 0.2) is 36.9 Å². The first kappa shape index (κ1) is 20.4. The Labute approximate surface area is 161 Å². The van der Waals surface area contributed by atoms with E-state index in [2.05, 4.69) is 11.6 Å². The second kappa shape index (κ2) is 9.17. The molecule has 0 unspecified atom stereocenters. The number of carbonyl (C=O) groups is 1. The Morgan fingerprint density at radius 2 is 1.96 bits per heavy atom. The second-order valence-corrected chi connectivity index (χ2v) is 6.46. The van der Waals surface area contributed by atoms with Gasteiger partial charge < -0.3 is 9.47 Å². The van der Waals surface area contributed by atoms with Crippen molar-refractivity contribution in [3.8, 4) is 5.75 Å². The molecule has 0 aliphatic rings. The topological polar surface area (TPSA) is 48.4 Å². The molecule has 0 radical (unpaired) electrons. The fourth-order valence-electron chi connectivity index (χ4n) is 3.05. The molecule has 0 spiro atoms. The largest absolute Gasteiger partial charge is 0.489 e. The number of ether oxygens (including phenoxy) is 2. The summed E-state index contributed by atoms with van der Waals surface area (Å²) in [5, 5.41) is 0. The van der Waals surface area contributed by atoms with E-state index < -0.39 is 0 Å². The summed E-state index contributed by atoms with van der Waals surface area (Å²) in [6.45, 7) is 12.3. The fraction of sp³-hybridized carbons (Fsp3) is 0.304. The van der Waals surface area contributed by atoms with Crippen LogP contribution in [0.3, 0.4) is 0 Å². The molecule has 0 amide bonds. The van der Waals surface area contributed by atoms with Gasteiger partial charge in [0.05, 0.1) is 13.5 Å². The van der Waals surface area contributed by atoms with Crippen molar-refractivity contribution in [2.75, 3.05) is 7.11 Å². The highest BCUT2D eigenvalue weighted by Crippen LogP contribution is 2.31. The van der Waals surface area contributed by atoms with Crippen LogP contribution < -0.4 is 4.74 Å². The molecule has 1 heterocycles. The zero-order valence-corrected chi connectivity index (χ0v) is 16.8. The monoisotopic (exact) mass is 365 g/mol. The number of hydrogen-bond acceptors (Lipinski definition) is 4. The number of benzene rings is 1. The van der Waals surface area contributed by atoms with Crippen LogP contribution in [0.25, 0.3) is 11.6 Å². The van der Waals surface area contributed by atoms with Crippen molar-refractivity contribution in [1.82, 2.24) is 4.98 Å². The number of rotatable bonds is 7. The van der Waals surface area contributed by atoms with Crippen molar-refractivity contribution < 1.29 is 14.3 Å². The summed E-state index contributed by atoms with van der Waals surface area (Å²) in [4.78, 5) is 16.2. The first-order chi connectivity index (χ1) is 12.9. The van der Waals surface area contributed by atoms with Gasteiger partial charge in [-0.3, -0.25) is 9.78 Å². The number of pyridine rings is 1. The Morgan fingerprint density at radius 1 is 1.22 bits per heavy atom. The Morgan fingerprint density at radius 3 is 2.56 bits per heavy atom. The minimum Gasteiger partial charge on any atom is -0.489 e. The lowest BCUT2D eigenvalue weighted by Crippen LogP contribution is -2.05. The van der Waals surface area contributed by atoms with Crippen LogP contribution >= 0.6 is 0 Å². The van der Waals surface area contributed by atoms with Crippen molar-refractivity contribution in [2.45, 2.75) is 40.7 Å². The van der Waals surface area contributed by atoms with Gasteiger partial charge in [-0.25, -0.2) is 0 Å². The van der Waals surface area contributed by atoms with E-state index in [1.165, 1.54) is 7.11 Å². The number of methoxy groups -OCH3 is 1. The van der Waals surface area contributed by atoms with Crippen LogP contribution in [0.1, 0.15) is 47.0 Å². The summed E-state index contributed by atoms with van der Waals surface area (Å²) in [6, 6.07) is 7.97. The molecule has 0 bridgehead atoms. The molecule has 27 heavy (non-hydrogen) atoms. The number of aryl methyl sites for hydroxylation is 3. The lowest BCUT2D eigenvalue weighted by Gasteiger charge is -2.16. The second-order valence-electron chi connectivity index (χ2n) is 6.46. The van der Waals surface area contributed by atoms with Gasteiger partial charge in [0.2, 0.25) is 0 Å². The van der Waals surface area contributed by atoms with Gasteiger partial charge in [-0.2, -0.15) is 0 Å². The minimum absolute atomic E-state index is 0.225. The van der Waals surface area contributed by atoms with E-state index in [4.69, 9.17) is 9.47 Å². The van der Waals surface area contributed by atoms with Crippen molar-refractivity contribution in [2.24, 2.45) is 0 Å². The van der Waals surface area contributed by atoms with Gasteiger partial charge in [0.15, 0.2) is 0 Å². The zero-order chi connectivity index (χ0) is 20.0. The highest BCUT2D eigenvalue weighted by Gasteiger charge is 2.15. The van der Waals surface area contributed by atoms with E-state index in [0.717, 1.165) is 45.0 Å². The smallest absolute Gasteiger partial charge is 0.309 e. The van der Waals surface area contributed by atoms with Gasteiger partial charge in [-0.1, -0.05) is 24.8 Å². The zero-order valence-electron chi connectivity index (χ0n) is 16.8. The van der Waals surface area contributed by atoms with Crippen molar-refractivity contribution in [1.29, 1.82) is 0 Å². The first-order valence-corrected chi connectivity index (χ1v) is 8.95. The number of hydrogen-bond donors (Lipinski definition) is 0. The predicted octanol–water partition coefficient (Wildman–Crippen LogP) is 5.20. The van der Waals surface area contributed by atoms with Crippen LogP contribution in [0.5, 0.6) is 5.75 Å². The summed E-state index contributed by atoms with van der Waals surface area (Å²) in [7, 11) is 1.40. The molecule has 0 aliphatic heterocycles. The summed E-state index contributed by atoms with van der Waals surface area (Å²) >= 11 is 0. The summed E-state index contributed by atoms with van der Waals surface area (Å²) in [5.74, 6) is 0.500. The molecule has 1 aromatic heterocycles. The van der Waals surface area contributed by atoms with Gasteiger partial charge >= 0.3 is 5.97 Å². The van der Waals surface area contributed by atoms with Crippen molar-refractivity contribution in [3.05, 3.63) is 70.6 Å². The number of allylic oxidation sites excluding steroid dienone is 1. The molecular formula is C23H27NO3. The van der Waals surface area contributed by atoms with Crippen LogP contribution in [0.4, 0.5) is 0 Å². The molecule has 0 fully saturated rings. The van der Waals surface area contributed by atoms with E-state index in [0.29, 0.717) is 6.61 Å². The van der Waals surface area contributed by atoms with Crippen molar-refractivity contribution in [3.63, 3.8) is 0 Å². The Kier molecular flexibility index (Phi) is 6.94.